The molecule has 104 valence electrons. The van der Waals surface area contributed by atoms with E-state index in [2.05, 4.69) is 17.7 Å². The smallest absolute Gasteiger partial charge is 0.251 e. The Labute approximate surface area is 113 Å². The highest BCUT2D eigenvalue weighted by Gasteiger charge is 2.23. The number of rotatable bonds is 3. The van der Waals surface area contributed by atoms with E-state index in [1.807, 2.05) is 19.1 Å². The van der Waals surface area contributed by atoms with Gasteiger partial charge in [0.05, 0.1) is 12.3 Å². The van der Waals surface area contributed by atoms with Gasteiger partial charge in [-0.1, -0.05) is 6.92 Å². The number of nitrogens with two attached hydrogens (primary N) is 1. The van der Waals surface area contributed by atoms with Crippen LogP contribution in [0.3, 0.4) is 0 Å². The van der Waals surface area contributed by atoms with Gasteiger partial charge < -0.3 is 15.5 Å². The first-order valence-electron chi connectivity index (χ1n) is 6.57. The number of nitrogens with one attached hydrogen (secondary N) is 2. The molecule has 1 amide bonds. The Bertz CT molecular complexity index is 462. The van der Waals surface area contributed by atoms with Gasteiger partial charge in [-0.2, -0.15) is 0 Å². The Morgan fingerprint density at radius 2 is 2.26 bits per heavy atom. The van der Waals surface area contributed by atoms with Crippen molar-refractivity contribution in [1.82, 2.24) is 5.32 Å². The van der Waals surface area contributed by atoms with Crippen molar-refractivity contribution in [3.8, 4) is 0 Å². The van der Waals surface area contributed by atoms with Crippen molar-refractivity contribution < 1.29 is 9.53 Å². The van der Waals surface area contributed by atoms with Crippen LogP contribution in [-0.2, 0) is 4.74 Å². The van der Waals surface area contributed by atoms with Crippen LogP contribution in [0.1, 0.15) is 29.3 Å². The van der Waals surface area contributed by atoms with Gasteiger partial charge in [0.25, 0.3) is 5.91 Å². The summed E-state index contributed by atoms with van der Waals surface area (Å²) in [4.78, 5) is 12.2. The van der Waals surface area contributed by atoms with E-state index in [1.165, 1.54) is 0 Å². The standard InChI is InChI=1S/C14H21N3O2/c1-9-7-11(3-4-13(9)17-15)14(18)16-12-5-6-19-8-10(12)2/h3-4,7,10,12,17H,5-6,8,15H2,1-2H3,(H,16,18). The normalized spacial score (nSPS) is 22.9. The number of hydrazine groups is 1. The molecular weight excluding hydrogens is 242 g/mol. The molecule has 0 spiro atoms. The lowest BCUT2D eigenvalue weighted by Crippen LogP contribution is -2.44. The molecule has 1 aromatic carbocycles. The molecular formula is C14H21N3O2. The maximum absolute atomic E-state index is 12.2. The summed E-state index contributed by atoms with van der Waals surface area (Å²) in [7, 11) is 0. The number of carbonyl (C=O) groups is 1. The van der Waals surface area contributed by atoms with Gasteiger partial charge in [0.1, 0.15) is 0 Å². The molecule has 0 aliphatic carbocycles. The topological polar surface area (TPSA) is 76.4 Å². The van der Waals surface area contributed by atoms with E-state index in [0.717, 1.165) is 17.7 Å². The molecule has 0 saturated carbocycles. The fourth-order valence-electron chi connectivity index (χ4n) is 2.31. The van der Waals surface area contributed by atoms with E-state index < -0.39 is 0 Å². The van der Waals surface area contributed by atoms with Crippen LogP contribution in [0.25, 0.3) is 0 Å². The van der Waals surface area contributed by atoms with Gasteiger partial charge in [0.15, 0.2) is 0 Å². The van der Waals surface area contributed by atoms with Gasteiger partial charge in [-0.25, -0.2) is 0 Å². The number of benzene rings is 1. The summed E-state index contributed by atoms with van der Waals surface area (Å²) in [6.45, 7) is 5.43. The Kier molecular flexibility index (Phi) is 4.39. The first-order valence-corrected chi connectivity index (χ1v) is 6.57. The maximum atomic E-state index is 12.2. The van der Waals surface area contributed by atoms with Gasteiger partial charge >= 0.3 is 0 Å². The summed E-state index contributed by atoms with van der Waals surface area (Å²) in [5, 5.41) is 3.08. The van der Waals surface area contributed by atoms with Crippen LogP contribution in [0.4, 0.5) is 5.69 Å². The van der Waals surface area contributed by atoms with Gasteiger partial charge in [0, 0.05) is 18.2 Å². The lowest BCUT2D eigenvalue weighted by Gasteiger charge is -2.29. The van der Waals surface area contributed by atoms with Crippen LogP contribution in [-0.4, -0.2) is 25.2 Å². The number of nitrogen functional groups attached to an aromatic ring is 1. The number of ether oxygens (including phenoxy) is 1. The molecule has 2 atom stereocenters. The summed E-state index contributed by atoms with van der Waals surface area (Å²) >= 11 is 0. The summed E-state index contributed by atoms with van der Waals surface area (Å²) in [6.07, 6.45) is 0.869. The first kappa shape index (κ1) is 13.8. The Morgan fingerprint density at radius 1 is 1.47 bits per heavy atom. The summed E-state index contributed by atoms with van der Waals surface area (Å²) in [6, 6.07) is 5.63. The Balaban J connectivity index is 2.05. The third kappa shape index (κ3) is 3.24. The Hall–Kier alpha value is -1.59. The molecule has 1 aliphatic rings. The van der Waals surface area contributed by atoms with E-state index in [0.29, 0.717) is 24.7 Å². The predicted molar refractivity (Wildman–Crippen MR) is 74.8 cm³/mol. The zero-order chi connectivity index (χ0) is 13.8. The van der Waals surface area contributed by atoms with Crippen molar-refractivity contribution in [3.63, 3.8) is 0 Å². The van der Waals surface area contributed by atoms with Crippen LogP contribution in [0.5, 0.6) is 0 Å². The highest BCUT2D eigenvalue weighted by Crippen LogP contribution is 2.17. The first-order chi connectivity index (χ1) is 9.11. The highest BCUT2D eigenvalue weighted by atomic mass is 16.5. The average molecular weight is 263 g/mol. The fraction of sp³-hybridized carbons (Fsp3) is 0.500. The highest BCUT2D eigenvalue weighted by molar-refractivity contribution is 5.95. The largest absolute Gasteiger partial charge is 0.381 e. The maximum Gasteiger partial charge on any atom is 0.251 e. The van der Waals surface area contributed by atoms with Crippen molar-refractivity contribution in [2.75, 3.05) is 18.6 Å². The molecule has 2 unspecified atom stereocenters. The van der Waals surface area contributed by atoms with E-state index in [4.69, 9.17) is 10.6 Å². The van der Waals surface area contributed by atoms with Crippen molar-refractivity contribution in [2.24, 2.45) is 11.8 Å². The summed E-state index contributed by atoms with van der Waals surface area (Å²) in [5.41, 5.74) is 5.05. The van der Waals surface area contributed by atoms with Crippen molar-refractivity contribution >= 4 is 11.6 Å². The van der Waals surface area contributed by atoms with Crippen LogP contribution >= 0.6 is 0 Å². The molecule has 4 N–H and O–H groups in total. The second kappa shape index (κ2) is 6.04. The molecule has 1 heterocycles. The number of hydrogen-bond acceptors (Lipinski definition) is 4. The van der Waals surface area contributed by atoms with Gasteiger partial charge in [-0.3, -0.25) is 10.6 Å². The lowest BCUT2D eigenvalue weighted by molar-refractivity contribution is 0.0375. The number of aryl methyl sites for hydroxylation is 1. The average Bonchev–Trinajstić information content (AvgIpc) is 2.41. The minimum atomic E-state index is -0.0366. The number of hydrogen-bond donors (Lipinski definition) is 3. The van der Waals surface area contributed by atoms with Crippen molar-refractivity contribution in [2.45, 2.75) is 26.3 Å². The van der Waals surface area contributed by atoms with E-state index in [1.54, 1.807) is 6.07 Å². The van der Waals surface area contributed by atoms with Crippen LogP contribution in [0.15, 0.2) is 18.2 Å². The number of amides is 1. The van der Waals surface area contributed by atoms with Crippen LogP contribution in [0, 0.1) is 12.8 Å². The van der Waals surface area contributed by atoms with E-state index in [-0.39, 0.29) is 11.9 Å². The van der Waals surface area contributed by atoms with Gasteiger partial charge in [0.2, 0.25) is 0 Å². The third-order valence-electron chi connectivity index (χ3n) is 3.60. The quantitative estimate of drug-likeness (QED) is 0.569. The number of carbonyl (C=O) groups excluding carboxylic acids is 1. The molecule has 5 nitrogen and oxygen atoms in total. The molecule has 0 radical (unpaired) electrons. The second-order valence-electron chi connectivity index (χ2n) is 5.09. The van der Waals surface area contributed by atoms with Gasteiger partial charge in [-0.15, -0.1) is 0 Å². The lowest BCUT2D eigenvalue weighted by atomic mass is 9.97. The fourth-order valence-corrected chi connectivity index (χ4v) is 2.31. The molecule has 2 rings (SSSR count). The van der Waals surface area contributed by atoms with E-state index in [9.17, 15) is 4.79 Å². The molecule has 1 fully saturated rings. The van der Waals surface area contributed by atoms with Crippen molar-refractivity contribution in [3.05, 3.63) is 29.3 Å². The molecule has 0 bridgehead atoms. The predicted octanol–water partition coefficient (Wildman–Crippen LogP) is 1.44. The molecule has 1 saturated heterocycles. The Morgan fingerprint density at radius 3 is 2.89 bits per heavy atom. The SMILES string of the molecule is Cc1cc(C(=O)NC2CCOCC2C)ccc1NN. The molecule has 1 aromatic rings. The second-order valence-corrected chi connectivity index (χ2v) is 5.09. The van der Waals surface area contributed by atoms with Crippen LogP contribution in [0.2, 0.25) is 0 Å². The zero-order valence-electron chi connectivity index (χ0n) is 11.4. The number of anilines is 1. The third-order valence-corrected chi connectivity index (χ3v) is 3.60. The summed E-state index contributed by atoms with van der Waals surface area (Å²) < 4.78 is 5.38. The molecule has 5 heteroatoms. The summed E-state index contributed by atoms with van der Waals surface area (Å²) in [5.74, 6) is 5.69. The molecule has 1 aliphatic heterocycles. The minimum absolute atomic E-state index is 0.0366. The van der Waals surface area contributed by atoms with Crippen molar-refractivity contribution in [1.29, 1.82) is 0 Å². The molecule has 19 heavy (non-hydrogen) atoms. The van der Waals surface area contributed by atoms with Gasteiger partial charge in [-0.05, 0) is 43.0 Å². The van der Waals surface area contributed by atoms with Crippen LogP contribution < -0.4 is 16.6 Å². The minimum Gasteiger partial charge on any atom is -0.381 e. The zero-order valence-corrected chi connectivity index (χ0v) is 11.4. The molecule has 0 aromatic heterocycles. The van der Waals surface area contributed by atoms with E-state index >= 15 is 0 Å². The monoisotopic (exact) mass is 263 g/mol.